The van der Waals surface area contributed by atoms with Gasteiger partial charge < -0.3 is 13.8 Å². The van der Waals surface area contributed by atoms with Crippen molar-refractivity contribution >= 4 is 11.0 Å². The minimum Gasteiger partial charge on any atom is -0.377 e. The van der Waals surface area contributed by atoms with Crippen molar-refractivity contribution in [3.05, 3.63) is 41.8 Å². The predicted octanol–water partition coefficient (Wildman–Crippen LogP) is 2.48. The monoisotopic (exact) mass is 341 g/mol. The second-order valence-electron chi connectivity index (χ2n) is 6.63. The Bertz CT molecular complexity index is 856. The maximum Gasteiger partial charge on any atom is 0.240 e. The normalized spacial score (nSPS) is 18.9. The van der Waals surface area contributed by atoms with Crippen LogP contribution in [0.3, 0.4) is 0 Å². The molecule has 25 heavy (non-hydrogen) atoms. The number of imidazole rings is 1. The summed E-state index contributed by atoms with van der Waals surface area (Å²) < 4.78 is 12.6. The Morgan fingerprint density at radius 2 is 2.16 bits per heavy atom. The Balaban J connectivity index is 1.49. The highest BCUT2D eigenvalue weighted by molar-refractivity contribution is 5.75. The zero-order chi connectivity index (χ0) is 17.2. The van der Waals surface area contributed by atoms with E-state index in [4.69, 9.17) is 14.2 Å². The number of fused-ring (bicyclic) bond motifs is 1. The molecule has 0 bridgehead atoms. The summed E-state index contributed by atoms with van der Waals surface area (Å²) in [5.41, 5.74) is 2.26. The molecule has 4 rings (SSSR count). The Labute approximate surface area is 146 Å². The SMILES string of the molecule is COCc1noc(CN2CCCC(c3nc4ccccc4n3C)C2)n1. The molecule has 3 heterocycles. The first-order valence-electron chi connectivity index (χ1n) is 8.68. The molecule has 0 spiro atoms. The highest BCUT2D eigenvalue weighted by atomic mass is 16.5. The van der Waals surface area contributed by atoms with E-state index < -0.39 is 0 Å². The Morgan fingerprint density at radius 3 is 3.00 bits per heavy atom. The zero-order valence-electron chi connectivity index (χ0n) is 14.7. The molecule has 1 aliphatic heterocycles. The fourth-order valence-corrected chi connectivity index (χ4v) is 3.67. The molecule has 132 valence electrons. The molecular weight excluding hydrogens is 318 g/mol. The van der Waals surface area contributed by atoms with Gasteiger partial charge in [-0.3, -0.25) is 4.90 Å². The lowest BCUT2D eigenvalue weighted by molar-refractivity contribution is 0.170. The minimum absolute atomic E-state index is 0.381. The maximum atomic E-state index is 5.33. The van der Waals surface area contributed by atoms with Gasteiger partial charge in [-0.15, -0.1) is 0 Å². The molecule has 7 nitrogen and oxygen atoms in total. The van der Waals surface area contributed by atoms with Crippen LogP contribution in [0.15, 0.2) is 28.8 Å². The zero-order valence-corrected chi connectivity index (χ0v) is 14.7. The van der Waals surface area contributed by atoms with Crippen LogP contribution in [0.2, 0.25) is 0 Å². The van der Waals surface area contributed by atoms with Crippen LogP contribution in [0.4, 0.5) is 0 Å². The second-order valence-corrected chi connectivity index (χ2v) is 6.63. The third-order valence-corrected chi connectivity index (χ3v) is 4.83. The number of aromatic nitrogens is 4. The van der Waals surface area contributed by atoms with E-state index in [1.807, 2.05) is 6.07 Å². The van der Waals surface area contributed by atoms with E-state index in [1.165, 1.54) is 5.52 Å². The molecule has 1 fully saturated rings. The van der Waals surface area contributed by atoms with Gasteiger partial charge in [0.2, 0.25) is 5.89 Å². The first-order chi connectivity index (χ1) is 12.2. The van der Waals surface area contributed by atoms with Crippen LogP contribution < -0.4 is 0 Å². The highest BCUT2D eigenvalue weighted by Crippen LogP contribution is 2.29. The summed E-state index contributed by atoms with van der Waals surface area (Å²) in [5.74, 6) is 2.84. The molecule has 0 N–H and O–H groups in total. The molecule has 1 atom stereocenters. The van der Waals surface area contributed by atoms with E-state index in [1.54, 1.807) is 7.11 Å². The van der Waals surface area contributed by atoms with E-state index >= 15 is 0 Å². The van der Waals surface area contributed by atoms with Crippen LogP contribution in [-0.2, 0) is 24.9 Å². The lowest BCUT2D eigenvalue weighted by atomic mass is 9.97. The third-order valence-electron chi connectivity index (χ3n) is 4.83. The molecule has 7 heteroatoms. The van der Waals surface area contributed by atoms with E-state index in [0.717, 1.165) is 37.3 Å². The van der Waals surface area contributed by atoms with Gasteiger partial charge in [-0.25, -0.2) is 4.98 Å². The fraction of sp³-hybridized carbons (Fsp3) is 0.500. The Hall–Kier alpha value is -2.25. The smallest absolute Gasteiger partial charge is 0.240 e. The molecule has 0 saturated carbocycles. The predicted molar refractivity (Wildman–Crippen MR) is 93.0 cm³/mol. The first-order valence-corrected chi connectivity index (χ1v) is 8.68. The van der Waals surface area contributed by atoms with Crippen LogP contribution in [-0.4, -0.2) is 44.8 Å². The van der Waals surface area contributed by atoms with E-state index in [0.29, 0.717) is 30.8 Å². The average Bonchev–Trinajstić information content (AvgIpc) is 3.20. The number of rotatable bonds is 5. The number of benzene rings is 1. The van der Waals surface area contributed by atoms with Crippen molar-refractivity contribution in [2.24, 2.45) is 7.05 Å². The number of para-hydroxylation sites is 2. The van der Waals surface area contributed by atoms with Gasteiger partial charge in [-0.2, -0.15) is 4.98 Å². The van der Waals surface area contributed by atoms with Gasteiger partial charge in [-0.1, -0.05) is 17.3 Å². The topological polar surface area (TPSA) is 69.2 Å². The summed E-state index contributed by atoms with van der Waals surface area (Å²) in [4.78, 5) is 11.6. The van der Waals surface area contributed by atoms with Gasteiger partial charge in [0.15, 0.2) is 5.82 Å². The van der Waals surface area contributed by atoms with Crippen LogP contribution in [0.1, 0.15) is 36.3 Å². The number of aryl methyl sites for hydroxylation is 1. The highest BCUT2D eigenvalue weighted by Gasteiger charge is 2.26. The van der Waals surface area contributed by atoms with Crippen molar-refractivity contribution in [1.29, 1.82) is 0 Å². The van der Waals surface area contributed by atoms with Crippen molar-refractivity contribution < 1.29 is 9.26 Å². The van der Waals surface area contributed by atoms with Gasteiger partial charge >= 0.3 is 0 Å². The molecule has 2 aromatic heterocycles. The third kappa shape index (κ3) is 3.29. The van der Waals surface area contributed by atoms with Gasteiger partial charge in [0.05, 0.1) is 17.6 Å². The summed E-state index contributed by atoms with van der Waals surface area (Å²) in [6.07, 6.45) is 2.30. The standard InChI is InChI=1S/C18H23N5O2/c1-22-15-8-4-3-7-14(15)19-18(22)13-6-5-9-23(10-13)11-17-20-16(12-24-2)21-25-17/h3-4,7-8,13H,5-6,9-12H2,1-2H3. The molecule has 0 radical (unpaired) electrons. The molecule has 1 aliphatic rings. The lowest BCUT2D eigenvalue weighted by Gasteiger charge is -2.31. The number of hydrogen-bond donors (Lipinski definition) is 0. The summed E-state index contributed by atoms with van der Waals surface area (Å²) >= 11 is 0. The van der Waals surface area contributed by atoms with Crippen LogP contribution in [0.25, 0.3) is 11.0 Å². The summed E-state index contributed by atoms with van der Waals surface area (Å²) in [6, 6.07) is 8.31. The van der Waals surface area contributed by atoms with Crippen molar-refractivity contribution in [3.63, 3.8) is 0 Å². The van der Waals surface area contributed by atoms with E-state index in [2.05, 4.69) is 44.9 Å². The lowest BCUT2D eigenvalue weighted by Crippen LogP contribution is -2.34. The van der Waals surface area contributed by atoms with Crippen molar-refractivity contribution in [1.82, 2.24) is 24.6 Å². The van der Waals surface area contributed by atoms with Crippen molar-refractivity contribution in [2.45, 2.75) is 31.9 Å². The number of likely N-dealkylation sites (tertiary alicyclic amines) is 1. The summed E-state index contributed by atoms with van der Waals surface area (Å²) in [6.45, 7) is 3.06. The van der Waals surface area contributed by atoms with Gasteiger partial charge in [-0.05, 0) is 31.5 Å². The largest absolute Gasteiger partial charge is 0.377 e. The number of nitrogens with zero attached hydrogens (tertiary/aromatic N) is 5. The molecule has 0 amide bonds. The van der Waals surface area contributed by atoms with Crippen LogP contribution in [0, 0.1) is 0 Å². The number of piperidine rings is 1. The van der Waals surface area contributed by atoms with Gasteiger partial charge in [0.1, 0.15) is 12.4 Å². The van der Waals surface area contributed by atoms with Crippen LogP contribution in [0.5, 0.6) is 0 Å². The molecule has 0 aliphatic carbocycles. The van der Waals surface area contributed by atoms with E-state index in [9.17, 15) is 0 Å². The van der Waals surface area contributed by atoms with Gasteiger partial charge in [0.25, 0.3) is 0 Å². The summed E-state index contributed by atoms with van der Waals surface area (Å²) in [7, 11) is 3.74. The molecule has 1 aromatic carbocycles. The number of methoxy groups -OCH3 is 1. The van der Waals surface area contributed by atoms with Crippen molar-refractivity contribution in [2.75, 3.05) is 20.2 Å². The Morgan fingerprint density at radius 1 is 1.28 bits per heavy atom. The number of ether oxygens (including phenoxy) is 1. The second kappa shape index (κ2) is 6.93. The minimum atomic E-state index is 0.381. The number of hydrogen-bond acceptors (Lipinski definition) is 6. The first kappa shape index (κ1) is 16.2. The maximum absolute atomic E-state index is 5.33. The average molecular weight is 341 g/mol. The van der Waals surface area contributed by atoms with Crippen LogP contribution >= 0.6 is 0 Å². The molecule has 3 aromatic rings. The van der Waals surface area contributed by atoms with Crippen molar-refractivity contribution in [3.8, 4) is 0 Å². The van der Waals surface area contributed by atoms with Gasteiger partial charge in [0, 0.05) is 26.6 Å². The summed E-state index contributed by atoms with van der Waals surface area (Å²) in [5, 5.41) is 3.94. The molecular formula is C18H23N5O2. The molecule has 1 saturated heterocycles. The van der Waals surface area contributed by atoms with E-state index in [-0.39, 0.29) is 0 Å². The quantitative estimate of drug-likeness (QED) is 0.710. The fourth-order valence-electron chi connectivity index (χ4n) is 3.67. The Kier molecular flexibility index (Phi) is 4.50. The molecule has 1 unspecified atom stereocenters.